The first-order chi connectivity index (χ1) is 15.4. The van der Waals surface area contributed by atoms with Crippen molar-refractivity contribution in [3.05, 3.63) is 28.8 Å². The van der Waals surface area contributed by atoms with Crippen molar-refractivity contribution < 1.29 is 45.4 Å². The molecule has 0 aliphatic carbocycles. The second-order valence-electron chi connectivity index (χ2n) is 8.91. The van der Waals surface area contributed by atoms with Crippen LogP contribution in [0.4, 0.5) is 31.1 Å². The van der Waals surface area contributed by atoms with Crippen LogP contribution in [0.2, 0.25) is 5.02 Å². The largest absolute Gasteiger partial charge is 0.573 e. The molecule has 1 aromatic rings. The van der Waals surface area contributed by atoms with E-state index >= 15 is 0 Å². The second-order valence-corrected chi connectivity index (χ2v) is 9.31. The van der Waals surface area contributed by atoms with Gasteiger partial charge in [0.15, 0.2) is 0 Å². The highest BCUT2D eigenvalue weighted by Gasteiger charge is 2.43. The molecule has 6 nitrogen and oxygen atoms in total. The van der Waals surface area contributed by atoms with Crippen LogP contribution in [0.3, 0.4) is 0 Å². The number of hydrogen-bond donors (Lipinski definition) is 0. The first-order valence-electron chi connectivity index (χ1n) is 10.3. The number of alkyl halides is 6. The molecule has 2 rings (SSSR count). The van der Waals surface area contributed by atoms with Gasteiger partial charge in [-0.15, -0.1) is 13.2 Å². The van der Waals surface area contributed by atoms with Crippen LogP contribution < -0.4 is 4.74 Å². The van der Waals surface area contributed by atoms with Crippen LogP contribution in [0.5, 0.6) is 5.75 Å². The molecule has 2 amide bonds. The Balaban J connectivity index is 2.05. The van der Waals surface area contributed by atoms with Crippen LogP contribution in [0.25, 0.3) is 0 Å². The molecule has 1 atom stereocenters. The molecule has 1 saturated heterocycles. The van der Waals surface area contributed by atoms with E-state index < -0.39 is 47.5 Å². The summed E-state index contributed by atoms with van der Waals surface area (Å²) in [6.07, 6.45) is -9.93. The minimum absolute atomic E-state index is 0.0962. The topological polar surface area (TPSA) is 59.1 Å². The van der Waals surface area contributed by atoms with Crippen LogP contribution in [0.1, 0.15) is 39.2 Å². The van der Waals surface area contributed by atoms with E-state index in [2.05, 4.69) is 4.74 Å². The van der Waals surface area contributed by atoms with Crippen molar-refractivity contribution in [1.29, 1.82) is 0 Å². The number of ether oxygens (including phenoxy) is 2. The van der Waals surface area contributed by atoms with E-state index in [9.17, 15) is 35.9 Å². The fourth-order valence-electron chi connectivity index (χ4n) is 3.40. The minimum Gasteiger partial charge on any atom is -0.444 e. The van der Waals surface area contributed by atoms with Crippen molar-refractivity contribution in [3.8, 4) is 5.75 Å². The van der Waals surface area contributed by atoms with Crippen molar-refractivity contribution in [3.63, 3.8) is 0 Å². The molecule has 0 aromatic heterocycles. The van der Waals surface area contributed by atoms with Gasteiger partial charge in [0.05, 0.1) is 5.02 Å². The van der Waals surface area contributed by atoms with Gasteiger partial charge in [-0.2, -0.15) is 13.2 Å². The van der Waals surface area contributed by atoms with Gasteiger partial charge in [-0.05, 0) is 57.2 Å². The highest BCUT2D eigenvalue weighted by atomic mass is 35.5. The Bertz CT molecular complexity index is 885. The maximum absolute atomic E-state index is 13.1. The number of halogens is 7. The third-order valence-electron chi connectivity index (χ3n) is 4.87. The molecule has 192 valence electrons. The van der Waals surface area contributed by atoms with E-state index in [0.717, 1.165) is 18.2 Å². The zero-order chi connectivity index (χ0) is 25.9. The Morgan fingerprint density at radius 2 is 1.79 bits per heavy atom. The molecule has 1 unspecified atom stereocenters. The summed E-state index contributed by atoms with van der Waals surface area (Å²) in [6, 6.07) is 2.99. The molecule has 1 aliphatic rings. The van der Waals surface area contributed by atoms with Crippen LogP contribution in [0.15, 0.2) is 18.2 Å². The molecule has 0 spiro atoms. The van der Waals surface area contributed by atoms with E-state index in [0.29, 0.717) is 17.9 Å². The van der Waals surface area contributed by atoms with Crippen molar-refractivity contribution in [2.45, 2.75) is 58.3 Å². The summed E-state index contributed by atoms with van der Waals surface area (Å²) in [5.74, 6) is -2.94. The molecule has 0 bridgehead atoms. The summed E-state index contributed by atoms with van der Waals surface area (Å²) < 4.78 is 85.6. The van der Waals surface area contributed by atoms with Gasteiger partial charge < -0.3 is 19.3 Å². The Morgan fingerprint density at radius 1 is 1.15 bits per heavy atom. The van der Waals surface area contributed by atoms with E-state index in [1.54, 1.807) is 20.8 Å². The maximum Gasteiger partial charge on any atom is 0.573 e. The number of carbonyl (C=O) groups is 2. The first-order valence-corrected chi connectivity index (χ1v) is 10.7. The van der Waals surface area contributed by atoms with E-state index in [1.165, 1.54) is 4.90 Å². The summed E-state index contributed by atoms with van der Waals surface area (Å²) in [4.78, 5) is 26.1. The molecule has 1 aromatic carbocycles. The Kier molecular flexibility index (Phi) is 8.60. The second kappa shape index (κ2) is 10.5. The average Bonchev–Trinajstić information content (AvgIpc) is 3.13. The van der Waals surface area contributed by atoms with E-state index in [1.807, 2.05) is 0 Å². The summed E-state index contributed by atoms with van der Waals surface area (Å²) in [6.45, 7) is 5.01. The SMILES string of the molecule is CC(C)(C)OC(=O)N1CCC(CCN(Cc2ccc(OC(F)(F)F)c(Cl)c2)C(=O)C(F)(F)F)C1. The third-order valence-corrected chi connectivity index (χ3v) is 5.17. The van der Waals surface area contributed by atoms with E-state index in [4.69, 9.17) is 16.3 Å². The molecule has 13 heteroatoms. The highest BCUT2D eigenvalue weighted by Crippen LogP contribution is 2.32. The van der Waals surface area contributed by atoms with Crippen molar-refractivity contribution >= 4 is 23.6 Å². The van der Waals surface area contributed by atoms with Crippen molar-refractivity contribution in [2.75, 3.05) is 19.6 Å². The Morgan fingerprint density at radius 3 is 2.32 bits per heavy atom. The van der Waals surface area contributed by atoms with E-state index in [-0.39, 0.29) is 31.0 Å². The van der Waals surface area contributed by atoms with Gasteiger partial charge in [-0.3, -0.25) is 4.79 Å². The number of nitrogens with zero attached hydrogens (tertiary/aromatic N) is 2. The fraction of sp³-hybridized carbons (Fsp3) is 0.619. The zero-order valence-electron chi connectivity index (χ0n) is 18.7. The fourth-order valence-corrected chi connectivity index (χ4v) is 3.64. The molecule has 0 N–H and O–H groups in total. The lowest BCUT2D eigenvalue weighted by Crippen LogP contribution is -2.41. The van der Waals surface area contributed by atoms with Gasteiger partial charge in [-0.1, -0.05) is 17.7 Å². The highest BCUT2D eigenvalue weighted by molar-refractivity contribution is 6.32. The molecule has 1 fully saturated rings. The molecule has 1 aliphatic heterocycles. The predicted molar refractivity (Wildman–Crippen MR) is 110 cm³/mol. The summed E-state index contributed by atoms with van der Waals surface area (Å²) in [5.41, 5.74) is -0.591. The number of amides is 2. The van der Waals surface area contributed by atoms with Gasteiger partial charge in [0.1, 0.15) is 11.4 Å². The average molecular weight is 519 g/mol. The van der Waals surface area contributed by atoms with Gasteiger partial charge in [0, 0.05) is 26.2 Å². The lowest BCUT2D eigenvalue weighted by atomic mass is 10.0. The molecule has 34 heavy (non-hydrogen) atoms. The third kappa shape index (κ3) is 8.77. The van der Waals surface area contributed by atoms with Crippen LogP contribution >= 0.6 is 11.6 Å². The zero-order valence-corrected chi connectivity index (χ0v) is 19.5. The van der Waals surface area contributed by atoms with Gasteiger partial charge in [-0.25, -0.2) is 4.79 Å². The maximum atomic E-state index is 13.1. The molecular formula is C21H25ClF6N2O4. The standard InChI is InChI=1S/C21H25ClF6N2O4/c1-19(2,3)34-18(32)30-9-7-13(11-30)6-8-29(17(31)20(23,24)25)12-14-4-5-16(15(22)10-14)33-21(26,27)28/h4-5,10,13H,6-9,11-12H2,1-3H3. The normalized spacial score (nSPS) is 17.0. The van der Waals surface area contributed by atoms with Crippen molar-refractivity contribution in [1.82, 2.24) is 9.80 Å². The summed E-state index contributed by atoms with van der Waals surface area (Å²) in [5, 5.41) is -0.460. The summed E-state index contributed by atoms with van der Waals surface area (Å²) in [7, 11) is 0. The molecular weight excluding hydrogens is 494 g/mol. The molecule has 0 saturated carbocycles. The quantitative estimate of drug-likeness (QED) is 0.448. The molecule has 1 heterocycles. The number of benzene rings is 1. The Hall–Kier alpha value is -2.37. The number of likely N-dealkylation sites (tertiary alicyclic amines) is 1. The number of carbonyl (C=O) groups excluding carboxylic acids is 2. The Labute approximate surface area is 197 Å². The van der Waals surface area contributed by atoms with Gasteiger partial charge in [0.25, 0.3) is 0 Å². The predicted octanol–water partition coefficient (Wildman–Crippen LogP) is 5.78. The monoisotopic (exact) mass is 518 g/mol. The lowest BCUT2D eigenvalue weighted by molar-refractivity contribution is -0.274. The van der Waals surface area contributed by atoms with Gasteiger partial charge in [0.2, 0.25) is 0 Å². The summed E-state index contributed by atoms with van der Waals surface area (Å²) >= 11 is 5.76. The van der Waals surface area contributed by atoms with Crippen molar-refractivity contribution in [2.24, 2.45) is 5.92 Å². The van der Waals surface area contributed by atoms with Crippen LogP contribution in [0, 0.1) is 5.92 Å². The van der Waals surface area contributed by atoms with Crippen LogP contribution in [-0.4, -0.2) is 59.6 Å². The first kappa shape index (κ1) is 27.9. The lowest BCUT2D eigenvalue weighted by Gasteiger charge is -2.26. The number of hydrogen-bond acceptors (Lipinski definition) is 4. The van der Waals surface area contributed by atoms with Crippen LogP contribution in [-0.2, 0) is 16.1 Å². The van der Waals surface area contributed by atoms with Gasteiger partial charge >= 0.3 is 24.5 Å². The minimum atomic E-state index is -5.14. The smallest absolute Gasteiger partial charge is 0.444 e. The molecule has 0 radical (unpaired) electrons. The number of rotatable bonds is 6.